The lowest BCUT2D eigenvalue weighted by Crippen LogP contribution is -2.01. The zero-order valence-electron chi connectivity index (χ0n) is 12.5. The van der Waals surface area contributed by atoms with Gasteiger partial charge < -0.3 is 5.32 Å². The molecule has 2 heterocycles. The Bertz CT molecular complexity index is 985. The lowest BCUT2D eigenvalue weighted by atomic mass is 10.2. The predicted octanol–water partition coefficient (Wildman–Crippen LogP) is 4.24. The molecule has 4 rings (SSSR count). The minimum absolute atomic E-state index is 0.711. The van der Waals surface area contributed by atoms with Crippen molar-refractivity contribution in [1.29, 1.82) is 0 Å². The van der Waals surface area contributed by atoms with Crippen molar-refractivity contribution in [2.45, 2.75) is 13.8 Å². The maximum atomic E-state index is 4.69. The van der Waals surface area contributed by atoms with Crippen LogP contribution in [0.1, 0.15) is 11.1 Å². The second-order valence-electron chi connectivity index (χ2n) is 5.48. The number of anilines is 2. The van der Waals surface area contributed by atoms with Crippen LogP contribution < -0.4 is 5.32 Å². The van der Waals surface area contributed by atoms with Gasteiger partial charge in [-0.05, 0) is 37.6 Å². The molecule has 22 heavy (non-hydrogen) atoms. The van der Waals surface area contributed by atoms with E-state index in [-0.39, 0.29) is 0 Å². The number of hydrogen-bond donors (Lipinski definition) is 1. The number of aryl methyl sites for hydroxylation is 2. The molecule has 2 aromatic heterocycles. The molecule has 0 saturated carbocycles. The Morgan fingerprint density at radius 1 is 0.864 bits per heavy atom. The minimum Gasteiger partial charge on any atom is -0.340 e. The van der Waals surface area contributed by atoms with E-state index in [4.69, 9.17) is 0 Å². The molecule has 0 amide bonds. The van der Waals surface area contributed by atoms with E-state index in [9.17, 15) is 0 Å². The fraction of sp³-hybridized carbons (Fsp3) is 0.111. The van der Waals surface area contributed by atoms with Crippen LogP contribution in [-0.4, -0.2) is 14.4 Å². The summed E-state index contributed by atoms with van der Waals surface area (Å²) in [6, 6.07) is 16.3. The van der Waals surface area contributed by atoms with Crippen LogP contribution in [0.2, 0.25) is 0 Å². The van der Waals surface area contributed by atoms with E-state index in [0.717, 1.165) is 28.1 Å². The van der Waals surface area contributed by atoms with E-state index < -0.39 is 0 Å². The van der Waals surface area contributed by atoms with Gasteiger partial charge in [0.15, 0.2) is 0 Å². The molecule has 0 unspecified atom stereocenters. The van der Waals surface area contributed by atoms with Crippen LogP contribution in [-0.2, 0) is 0 Å². The van der Waals surface area contributed by atoms with E-state index in [2.05, 4.69) is 53.5 Å². The van der Waals surface area contributed by atoms with Crippen molar-refractivity contribution in [3.63, 3.8) is 0 Å². The zero-order valence-corrected chi connectivity index (χ0v) is 12.5. The highest BCUT2D eigenvalue weighted by atomic mass is 15.1. The number of nitrogens with one attached hydrogen (secondary N) is 1. The summed E-state index contributed by atoms with van der Waals surface area (Å²) in [6.07, 6.45) is 2.08. The first kappa shape index (κ1) is 12.8. The summed E-state index contributed by atoms with van der Waals surface area (Å²) < 4.78 is 2.04. The van der Waals surface area contributed by atoms with Gasteiger partial charge in [0.25, 0.3) is 0 Å². The third-order valence-electron chi connectivity index (χ3n) is 3.88. The largest absolute Gasteiger partial charge is 0.340 e. The smallest absolute Gasteiger partial charge is 0.236 e. The molecule has 0 aliphatic rings. The minimum atomic E-state index is 0.711. The van der Waals surface area contributed by atoms with Gasteiger partial charge in [0.05, 0.1) is 11.0 Å². The maximum Gasteiger partial charge on any atom is 0.236 e. The Morgan fingerprint density at radius 2 is 1.64 bits per heavy atom. The van der Waals surface area contributed by atoms with E-state index in [1.165, 1.54) is 5.56 Å². The monoisotopic (exact) mass is 288 g/mol. The average molecular weight is 288 g/mol. The average Bonchev–Trinajstić information content (AvgIpc) is 2.87. The molecule has 0 atom stereocenters. The Balaban J connectivity index is 1.87. The molecule has 0 spiro atoms. The second kappa shape index (κ2) is 4.84. The summed E-state index contributed by atoms with van der Waals surface area (Å²) in [5, 5.41) is 3.41. The number of aromatic nitrogens is 3. The second-order valence-corrected chi connectivity index (χ2v) is 5.48. The van der Waals surface area contributed by atoms with Crippen LogP contribution in [0.25, 0.3) is 16.8 Å². The van der Waals surface area contributed by atoms with E-state index in [1.54, 1.807) is 0 Å². The lowest BCUT2D eigenvalue weighted by molar-refractivity contribution is 1.10. The summed E-state index contributed by atoms with van der Waals surface area (Å²) in [4.78, 5) is 9.28. The van der Waals surface area contributed by atoms with Crippen LogP contribution in [0.15, 0.2) is 54.7 Å². The molecule has 2 aromatic carbocycles. The molecule has 108 valence electrons. The number of rotatable bonds is 2. The number of nitrogens with zero attached hydrogens (tertiary/aromatic N) is 3. The summed E-state index contributed by atoms with van der Waals surface area (Å²) >= 11 is 0. The van der Waals surface area contributed by atoms with E-state index in [1.807, 2.05) is 34.7 Å². The van der Waals surface area contributed by atoms with Crippen molar-refractivity contribution < 1.29 is 0 Å². The van der Waals surface area contributed by atoms with Crippen LogP contribution in [0.4, 0.5) is 11.5 Å². The predicted molar refractivity (Wildman–Crippen MR) is 89.7 cm³/mol. The maximum absolute atomic E-state index is 4.69. The number of fused-ring (bicyclic) bond motifs is 3. The third kappa shape index (κ3) is 2.00. The van der Waals surface area contributed by atoms with Crippen LogP contribution >= 0.6 is 0 Å². The Hall–Kier alpha value is -2.88. The molecule has 0 fully saturated rings. The van der Waals surface area contributed by atoms with Gasteiger partial charge in [-0.3, -0.25) is 4.40 Å². The van der Waals surface area contributed by atoms with Gasteiger partial charge in [0, 0.05) is 17.4 Å². The lowest BCUT2D eigenvalue weighted by Gasteiger charge is -2.11. The SMILES string of the molecule is Cc1ccccc1Nc1nc2nc3ccccc3n2cc1C. The number of hydrogen-bond acceptors (Lipinski definition) is 3. The molecule has 4 aromatic rings. The van der Waals surface area contributed by atoms with E-state index >= 15 is 0 Å². The number of imidazole rings is 1. The highest BCUT2D eigenvalue weighted by Gasteiger charge is 2.09. The fourth-order valence-electron chi connectivity index (χ4n) is 2.65. The van der Waals surface area contributed by atoms with Gasteiger partial charge in [-0.1, -0.05) is 30.3 Å². The van der Waals surface area contributed by atoms with Gasteiger partial charge in [0.2, 0.25) is 5.78 Å². The summed E-state index contributed by atoms with van der Waals surface area (Å²) in [7, 11) is 0. The van der Waals surface area contributed by atoms with Crippen molar-refractivity contribution in [2.24, 2.45) is 0 Å². The molecule has 0 saturated heterocycles. The van der Waals surface area contributed by atoms with Gasteiger partial charge >= 0.3 is 0 Å². The van der Waals surface area contributed by atoms with Crippen molar-refractivity contribution in [2.75, 3.05) is 5.32 Å². The van der Waals surface area contributed by atoms with Crippen LogP contribution in [0.5, 0.6) is 0 Å². The number of benzene rings is 2. The quantitative estimate of drug-likeness (QED) is 0.600. The molecule has 4 nitrogen and oxygen atoms in total. The first-order valence-electron chi connectivity index (χ1n) is 7.29. The van der Waals surface area contributed by atoms with Gasteiger partial charge in [0.1, 0.15) is 5.82 Å². The van der Waals surface area contributed by atoms with Crippen molar-refractivity contribution in [3.8, 4) is 0 Å². The highest BCUT2D eigenvalue weighted by molar-refractivity contribution is 5.80. The molecule has 4 heteroatoms. The Labute approximate surface area is 128 Å². The standard InChI is InChI=1S/C18H16N4/c1-12-7-3-4-8-14(12)19-17-13(2)11-22-16-10-6-5-9-15(16)20-18(22)21-17/h3-11H,1-2H3,(H,19,20,21). The topological polar surface area (TPSA) is 42.2 Å². The molecule has 0 aliphatic carbocycles. The van der Waals surface area contributed by atoms with Gasteiger partial charge in [-0.2, -0.15) is 4.98 Å². The molecule has 0 aliphatic heterocycles. The first-order valence-corrected chi connectivity index (χ1v) is 7.29. The van der Waals surface area contributed by atoms with Crippen LogP contribution in [0.3, 0.4) is 0 Å². The first-order chi connectivity index (χ1) is 10.7. The summed E-state index contributed by atoms with van der Waals surface area (Å²) in [6.45, 7) is 4.14. The van der Waals surface area contributed by atoms with Crippen molar-refractivity contribution in [1.82, 2.24) is 14.4 Å². The van der Waals surface area contributed by atoms with Crippen molar-refractivity contribution in [3.05, 3.63) is 65.9 Å². The highest BCUT2D eigenvalue weighted by Crippen LogP contribution is 2.23. The Morgan fingerprint density at radius 3 is 2.50 bits per heavy atom. The molecular formula is C18H16N4. The third-order valence-corrected chi connectivity index (χ3v) is 3.88. The van der Waals surface area contributed by atoms with E-state index in [0.29, 0.717) is 5.78 Å². The summed E-state index contributed by atoms with van der Waals surface area (Å²) in [5.74, 6) is 1.56. The zero-order chi connectivity index (χ0) is 15.1. The van der Waals surface area contributed by atoms with Crippen molar-refractivity contribution >= 4 is 28.3 Å². The normalized spacial score (nSPS) is 11.2. The number of para-hydroxylation sites is 3. The summed E-state index contributed by atoms with van der Waals surface area (Å²) in [5.41, 5.74) is 5.38. The fourth-order valence-corrected chi connectivity index (χ4v) is 2.65. The molecule has 0 bridgehead atoms. The Kier molecular flexibility index (Phi) is 2.82. The van der Waals surface area contributed by atoms with Gasteiger partial charge in [-0.15, -0.1) is 0 Å². The molecular weight excluding hydrogens is 272 g/mol. The van der Waals surface area contributed by atoms with Crippen LogP contribution in [0, 0.1) is 13.8 Å². The molecule has 0 radical (unpaired) electrons. The van der Waals surface area contributed by atoms with Gasteiger partial charge in [-0.25, -0.2) is 4.98 Å². The molecule has 1 N–H and O–H groups in total.